The summed E-state index contributed by atoms with van der Waals surface area (Å²) in [6.07, 6.45) is 3.26. The summed E-state index contributed by atoms with van der Waals surface area (Å²) in [5.41, 5.74) is -0.762. The Balaban J connectivity index is 2.36. The molecule has 0 spiro atoms. The Kier molecular flexibility index (Phi) is 6.60. The number of carboxylic acid groups (broad SMARTS) is 1. The van der Waals surface area contributed by atoms with Crippen LogP contribution < -0.4 is 5.32 Å². The molecule has 1 aliphatic rings. The summed E-state index contributed by atoms with van der Waals surface area (Å²) in [6.45, 7) is 6.55. The predicted molar refractivity (Wildman–Crippen MR) is 70.8 cm³/mol. The van der Waals surface area contributed by atoms with Crippen LogP contribution in [0.4, 0.5) is 0 Å². The first kappa shape index (κ1) is 15.4. The fourth-order valence-corrected chi connectivity index (χ4v) is 2.47. The molecule has 5 heteroatoms. The van der Waals surface area contributed by atoms with Gasteiger partial charge in [-0.25, -0.2) is 0 Å². The molecule has 2 N–H and O–H groups in total. The summed E-state index contributed by atoms with van der Waals surface area (Å²) in [5, 5.41) is 12.3. The number of carbonyl (C=O) groups is 1. The van der Waals surface area contributed by atoms with Crippen molar-refractivity contribution < 1.29 is 14.6 Å². The second-order valence-electron chi connectivity index (χ2n) is 4.90. The van der Waals surface area contributed by atoms with Crippen LogP contribution in [0.5, 0.6) is 0 Å². The van der Waals surface area contributed by atoms with Gasteiger partial charge in [-0.05, 0) is 39.3 Å². The summed E-state index contributed by atoms with van der Waals surface area (Å²) in [6, 6.07) is 0. The summed E-state index contributed by atoms with van der Waals surface area (Å²) < 4.78 is 5.40. The molecule has 0 aromatic heterocycles. The Labute approximate surface area is 109 Å². The maximum absolute atomic E-state index is 11.3. The van der Waals surface area contributed by atoms with Crippen molar-refractivity contribution in [1.29, 1.82) is 0 Å². The fraction of sp³-hybridized carbons (Fsp3) is 0.923. The third kappa shape index (κ3) is 4.23. The normalized spacial score (nSPS) is 21.2. The van der Waals surface area contributed by atoms with Crippen LogP contribution in [0.2, 0.25) is 0 Å². The monoisotopic (exact) mass is 258 g/mol. The first-order chi connectivity index (χ1) is 8.64. The lowest BCUT2D eigenvalue weighted by molar-refractivity contribution is -0.145. The van der Waals surface area contributed by atoms with Crippen LogP contribution in [0.15, 0.2) is 0 Å². The lowest BCUT2D eigenvalue weighted by Gasteiger charge is -2.29. The zero-order valence-corrected chi connectivity index (χ0v) is 11.6. The molecule has 0 aromatic rings. The highest BCUT2D eigenvalue weighted by Gasteiger charge is 2.34. The van der Waals surface area contributed by atoms with Crippen LogP contribution in [0, 0.1) is 0 Å². The lowest BCUT2D eigenvalue weighted by atomic mass is 9.90. The number of ether oxygens (including phenoxy) is 1. The van der Waals surface area contributed by atoms with Crippen molar-refractivity contribution in [3.05, 3.63) is 0 Å². The molecule has 1 rings (SSSR count). The molecule has 1 heterocycles. The van der Waals surface area contributed by atoms with E-state index in [0.29, 0.717) is 12.8 Å². The number of hydrogen-bond acceptors (Lipinski definition) is 4. The summed E-state index contributed by atoms with van der Waals surface area (Å²) in [7, 11) is 1.73. The molecule has 0 aromatic carbocycles. The Hall–Kier alpha value is -0.650. The molecule has 0 amide bonds. The van der Waals surface area contributed by atoms with Gasteiger partial charge in [0, 0.05) is 19.7 Å². The summed E-state index contributed by atoms with van der Waals surface area (Å²) >= 11 is 0. The van der Waals surface area contributed by atoms with E-state index in [0.717, 1.165) is 45.7 Å². The second kappa shape index (κ2) is 7.71. The topological polar surface area (TPSA) is 61.8 Å². The standard InChI is InChI=1S/C13H26N2O3/c1-3-13(14-2,12(16)17)6-4-7-15-8-5-10-18-11-9-15/h14H,3-11H2,1-2H3,(H,16,17). The van der Waals surface area contributed by atoms with Crippen molar-refractivity contribution in [2.45, 2.75) is 38.1 Å². The van der Waals surface area contributed by atoms with Crippen molar-refractivity contribution in [2.75, 3.05) is 39.9 Å². The number of likely N-dealkylation sites (N-methyl/N-ethyl adjacent to an activating group) is 1. The minimum Gasteiger partial charge on any atom is -0.480 e. The van der Waals surface area contributed by atoms with E-state index in [1.807, 2.05) is 6.92 Å². The minimum atomic E-state index is -0.762. The van der Waals surface area contributed by atoms with Gasteiger partial charge in [-0.2, -0.15) is 0 Å². The lowest BCUT2D eigenvalue weighted by Crippen LogP contribution is -2.50. The molecular formula is C13H26N2O3. The molecule has 1 unspecified atom stereocenters. The van der Waals surface area contributed by atoms with Gasteiger partial charge in [-0.1, -0.05) is 6.92 Å². The molecular weight excluding hydrogens is 232 g/mol. The van der Waals surface area contributed by atoms with Gasteiger partial charge in [0.15, 0.2) is 0 Å². The van der Waals surface area contributed by atoms with Gasteiger partial charge in [0.2, 0.25) is 0 Å². The van der Waals surface area contributed by atoms with Crippen LogP contribution in [0.3, 0.4) is 0 Å². The molecule has 18 heavy (non-hydrogen) atoms. The third-order valence-corrected chi connectivity index (χ3v) is 3.88. The predicted octanol–water partition coefficient (Wildman–Crippen LogP) is 0.942. The number of rotatable bonds is 7. The maximum Gasteiger partial charge on any atom is 0.323 e. The molecule has 106 valence electrons. The van der Waals surface area contributed by atoms with E-state index in [1.165, 1.54) is 0 Å². The number of hydrogen-bond donors (Lipinski definition) is 2. The van der Waals surface area contributed by atoms with Gasteiger partial charge in [0.1, 0.15) is 5.54 Å². The number of aliphatic carboxylic acids is 1. The zero-order chi connectivity index (χ0) is 13.4. The summed E-state index contributed by atoms with van der Waals surface area (Å²) in [4.78, 5) is 13.7. The number of nitrogens with one attached hydrogen (secondary N) is 1. The highest BCUT2D eigenvalue weighted by Crippen LogP contribution is 2.18. The van der Waals surface area contributed by atoms with E-state index >= 15 is 0 Å². The van der Waals surface area contributed by atoms with Crippen LogP contribution in [-0.4, -0.2) is 61.4 Å². The molecule has 0 aliphatic carbocycles. The SMILES string of the molecule is CCC(CCCN1CCCOCC1)(NC)C(=O)O. The fourth-order valence-electron chi connectivity index (χ4n) is 2.47. The average Bonchev–Trinajstić information content (AvgIpc) is 2.63. The maximum atomic E-state index is 11.3. The first-order valence-electron chi connectivity index (χ1n) is 6.87. The zero-order valence-electron chi connectivity index (χ0n) is 11.6. The Morgan fingerprint density at radius 3 is 2.83 bits per heavy atom. The molecule has 5 nitrogen and oxygen atoms in total. The molecule has 1 saturated heterocycles. The third-order valence-electron chi connectivity index (χ3n) is 3.88. The van der Waals surface area contributed by atoms with E-state index in [-0.39, 0.29) is 0 Å². The smallest absolute Gasteiger partial charge is 0.323 e. The van der Waals surface area contributed by atoms with E-state index in [9.17, 15) is 9.90 Å². The van der Waals surface area contributed by atoms with Gasteiger partial charge in [-0.3, -0.25) is 4.79 Å². The molecule has 0 bridgehead atoms. The largest absolute Gasteiger partial charge is 0.480 e. The van der Waals surface area contributed by atoms with E-state index in [4.69, 9.17) is 4.74 Å². The highest BCUT2D eigenvalue weighted by molar-refractivity contribution is 5.78. The van der Waals surface area contributed by atoms with Crippen molar-refractivity contribution >= 4 is 5.97 Å². The Morgan fingerprint density at radius 2 is 2.22 bits per heavy atom. The number of carboxylic acids is 1. The van der Waals surface area contributed by atoms with E-state index < -0.39 is 11.5 Å². The second-order valence-corrected chi connectivity index (χ2v) is 4.90. The highest BCUT2D eigenvalue weighted by atomic mass is 16.5. The molecule has 0 saturated carbocycles. The molecule has 1 aliphatic heterocycles. The van der Waals surface area contributed by atoms with Gasteiger partial charge in [0.05, 0.1) is 6.61 Å². The van der Waals surface area contributed by atoms with Crippen molar-refractivity contribution in [3.8, 4) is 0 Å². The van der Waals surface area contributed by atoms with E-state index in [1.54, 1.807) is 7.05 Å². The average molecular weight is 258 g/mol. The first-order valence-corrected chi connectivity index (χ1v) is 6.87. The Morgan fingerprint density at radius 1 is 1.44 bits per heavy atom. The van der Waals surface area contributed by atoms with Gasteiger partial charge < -0.3 is 20.1 Å². The van der Waals surface area contributed by atoms with E-state index in [2.05, 4.69) is 10.2 Å². The molecule has 0 radical (unpaired) electrons. The molecule has 1 fully saturated rings. The quantitative estimate of drug-likeness (QED) is 0.711. The molecule has 1 atom stereocenters. The number of nitrogens with zero attached hydrogens (tertiary/aromatic N) is 1. The van der Waals surface area contributed by atoms with Crippen LogP contribution in [-0.2, 0) is 9.53 Å². The van der Waals surface area contributed by atoms with Crippen molar-refractivity contribution in [2.24, 2.45) is 0 Å². The summed E-state index contributed by atoms with van der Waals surface area (Å²) in [5.74, 6) is -0.744. The van der Waals surface area contributed by atoms with Crippen LogP contribution in [0.25, 0.3) is 0 Å². The van der Waals surface area contributed by atoms with Crippen LogP contribution in [0.1, 0.15) is 32.6 Å². The Bertz CT molecular complexity index is 247. The van der Waals surface area contributed by atoms with Gasteiger partial charge in [-0.15, -0.1) is 0 Å². The van der Waals surface area contributed by atoms with Crippen LogP contribution >= 0.6 is 0 Å². The van der Waals surface area contributed by atoms with Crippen molar-refractivity contribution in [3.63, 3.8) is 0 Å². The minimum absolute atomic E-state index is 0.613. The van der Waals surface area contributed by atoms with Gasteiger partial charge in [0.25, 0.3) is 0 Å². The van der Waals surface area contributed by atoms with Crippen molar-refractivity contribution in [1.82, 2.24) is 10.2 Å². The van der Waals surface area contributed by atoms with Gasteiger partial charge >= 0.3 is 5.97 Å².